The Bertz CT molecular complexity index is 138. The Labute approximate surface area is 88.4 Å². The first-order valence-electron chi connectivity index (χ1n) is 6.03. The molecular weight excluding hydrogens is 174 g/mol. The zero-order valence-corrected chi connectivity index (χ0v) is 9.72. The molecule has 0 aromatic carbocycles. The molecule has 2 atom stereocenters. The number of nitrogens with one attached hydrogen (secondary N) is 1. The predicted molar refractivity (Wildman–Crippen MR) is 60.5 cm³/mol. The molecule has 2 nitrogen and oxygen atoms in total. The largest absolute Gasteiger partial charge is 0.385 e. The van der Waals surface area contributed by atoms with E-state index in [4.69, 9.17) is 4.74 Å². The van der Waals surface area contributed by atoms with Gasteiger partial charge in [0.1, 0.15) is 0 Å². The maximum atomic E-state index is 5.10. The number of hydrogen-bond donors (Lipinski definition) is 1. The van der Waals surface area contributed by atoms with Crippen molar-refractivity contribution in [1.29, 1.82) is 0 Å². The molecule has 1 N–H and O–H groups in total. The molecule has 0 aromatic heterocycles. The lowest BCUT2D eigenvalue weighted by molar-refractivity contribution is 0.184. The van der Waals surface area contributed by atoms with E-state index in [0.29, 0.717) is 0 Å². The van der Waals surface area contributed by atoms with Crippen molar-refractivity contribution in [1.82, 2.24) is 5.32 Å². The molecule has 0 saturated heterocycles. The molecule has 2 heteroatoms. The molecular formula is C12H25NO. The second-order valence-corrected chi connectivity index (χ2v) is 4.51. The topological polar surface area (TPSA) is 21.3 Å². The molecule has 1 rings (SSSR count). The molecule has 0 radical (unpaired) electrons. The average molecular weight is 199 g/mol. The van der Waals surface area contributed by atoms with Gasteiger partial charge < -0.3 is 10.1 Å². The third-order valence-corrected chi connectivity index (χ3v) is 3.40. The molecule has 1 fully saturated rings. The summed E-state index contributed by atoms with van der Waals surface area (Å²) < 4.78 is 5.10. The maximum absolute atomic E-state index is 5.10. The first kappa shape index (κ1) is 12.0. The normalized spacial score (nSPS) is 28.7. The smallest absolute Gasteiger partial charge is 0.0462 e. The lowest BCUT2D eigenvalue weighted by Crippen LogP contribution is -2.26. The summed E-state index contributed by atoms with van der Waals surface area (Å²) in [6, 6.07) is 0.769. The lowest BCUT2D eigenvalue weighted by atomic mass is 9.93. The highest BCUT2D eigenvalue weighted by atomic mass is 16.5. The predicted octanol–water partition coefficient (Wildman–Crippen LogP) is 2.58. The summed E-state index contributed by atoms with van der Waals surface area (Å²) in [5.74, 6) is 0.935. The number of rotatable bonds is 5. The van der Waals surface area contributed by atoms with E-state index < -0.39 is 0 Å². The third-order valence-electron chi connectivity index (χ3n) is 3.40. The van der Waals surface area contributed by atoms with Crippen molar-refractivity contribution in [3.05, 3.63) is 0 Å². The van der Waals surface area contributed by atoms with E-state index >= 15 is 0 Å². The fourth-order valence-corrected chi connectivity index (χ4v) is 2.50. The molecule has 1 aliphatic carbocycles. The zero-order valence-electron chi connectivity index (χ0n) is 9.72. The van der Waals surface area contributed by atoms with Crippen LogP contribution < -0.4 is 5.32 Å². The SMILES string of the molecule is CNC1CCCCC(CCCOC)C1. The fraction of sp³-hybridized carbons (Fsp3) is 1.00. The van der Waals surface area contributed by atoms with Gasteiger partial charge in [0.15, 0.2) is 0 Å². The van der Waals surface area contributed by atoms with Crippen LogP contribution in [0, 0.1) is 5.92 Å². The summed E-state index contributed by atoms with van der Waals surface area (Å²) in [7, 11) is 3.89. The molecule has 0 aliphatic heterocycles. The van der Waals surface area contributed by atoms with E-state index in [1.54, 1.807) is 7.11 Å². The Hall–Kier alpha value is -0.0800. The van der Waals surface area contributed by atoms with Crippen LogP contribution in [0.3, 0.4) is 0 Å². The van der Waals surface area contributed by atoms with Crippen LogP contribution in [0.1, 0.15) is 44.9 Å². The standard InChI is InChI=1S/C12H25NO/c1-13-12-8-4-3-6-11(10-12)7-5-9-14-2/h11-13H,3-10H2,1-2H3. The minimum absolute atomic E-state index is 0.769. The Morgan fingerprint density at radius 1 is 1.29 bits per heavy atom. The lowest BCUT2D eigenvalue weighted by Gasteiger charge is -2.19. The van der Waals surface area contributed by atoms with E-state index in [9.17, 15) is 0 Å². The van der Waals surface area contributed by atoms with Gasteiger partial charge in [-0.25, -0.2) is 0 Å². The maximum Gasteiger partial charge on any atom is 0.0462 e. The Balaban J connectivity index is 2.20. The van der Waals surface area contributed by atoms with Crippen LogP contribution in [-0.2, 0) is 4.74 Å². The van der Waals surface area contributed by atoms with Gasteiger partial charge in [0, 0.05) is 19.8 Å². The number of hydrogen-bond acceptors (Lipinski definition) is 2. The van der Waals surface area contributed by atoms with Crippen molar-refractivity contribution in [2.45, 2.75) is 51.0 Å². The van der Waals surface area contributed by atoms with Gasteiger partial charge in [0.2, 0.25) is 0 Å². The zero-order chi connectivity index (χ0) is 10.2. The molecule has 0 amide bonds. The van der Waals surface area contributed by atoms with Crippen LogP contribution in [0.25, 0.3) is 0 Å². The number of ether oxygens (including phenoxy) is 1. The Morgan fingerprint density at radius 2 is 2.07 bits per heavy atom. The molecule has 1 saturated carbocycles. The van der Waals surface area contributed by atoms with E-state index in [0.717, 1.165) is 18.6 Å². The van der Waals surface area contributed by atoms with Gasteiger partial charge >= 0.3 is 0 Å². The van der Waals surface area contributed by atoms with Crippen molar-refractivity contribution >= 4 is 0 Å². The van der Waals surface area contributed by atoms with Gasteiger partial charge in [-0.05, 0) is 38.6 Å². The molecule has 0 heterocycles. The molecule has 84 valence electrons. The molecule has 1 aliphatic rings. The average Bonchev–Trinajstić information content (AvgIpc) is 2.43. The molecule has 0 bridgehead atoms. The highest BCUT2D eigenvalue weighted by molar-refractivity contribution is 4.74. The van der Waals surface area contributed by atoms with Gasteiger partial charge in [0.25, 0.3) is 0 Å². The van der Waals surface area contributed by atoms with Gasteiger partial charge in [-0.1, -0.05) is 19.3 Å². The second kappa shape index (κ2) is 7.24. The Kier molecular flexibility index (Phi) is 6.20. The van der Waals surface area contributed by atoms with E-state index in [2.05, 4.69) is 12.4 Å². The van der Waals surface area contributed by atoms with Gasteiger partial charge in [-0.2, -0.15) is 0 Å². The highest BCUT2D eigenvalue weighted by Crippen LogP contribution is 2.26. The summed E-state index contributed by atoms with van der Waals surface area (Å²) in [6.45, 7) is 0.931. The monoisotopic (exact) mass is 199 g/mol. The van der Waals surface area contributed by atoms with E-state index in [1.807, 2.05) is 0 Å². The van der Waals surface area contributed by atoms with Crippen LogP contribution in [0.15, 0.2) is 0 Å². The first-order chi connectivity index (χ1) is 6.86. The van der Waals surface area contributed by atoms with Crippen LogP contribution >= 0.6 is 0 Å². The number of methoxy groups -OCH3 is 1. The van der Waals surface area contributed by atoms with Gasteiger partial charge in [-0.15, -0.1) is 0 Å². The summed E-state index contributed by atoms with van der Waals surface area (Å²) in [5, 5.41) is 3.43. The van der Waals surface area contributed by atoms with Crippen molar-refractivity contribution < 1.29 is 4.74 Å². The van der Waals surface area contributed by atoms with Gasteiger partial charge in [-0.3, -0.25) is 0 Å². The molecule has 0 spiro atoms. The highest BCUT2D eigenvalue weighted by Gasteiger charge is 2.18. The van der Waals surface area contributed by atoms with Crippen LogP contribution in [0.2, 0.25) is 0 Å². The van der Waals surface area contributed by atoms with Crippen LogP contribution in [0.5, 0.6) is 0 Å². The molecule has 14 heavy (non-hydrogen) atoms. The van der Waals surface area contributed by atoms with Crippen molar-refractivity contribution in [3.8, 4) is 0 Å². The molecule has 2 unspecified atom stereocenters. The minimum atomic E-state index is 0.769. The summed E-state index contributed by atoms with van der Waals surface area (Å²) >= 11 is 0. The third kappa shape index (κ3) is 4.43. The van der Waals surface area contributed by atoms with Crippen LogP contribution in [0.4, 0.5) is 0 Å². The summed E-state index contributed by atoms with van der Waals surface area (Å²) in [5.41, 5.74) is 0. The molecule has 0 aromatic rings. The van der Waals surface area contributed by atoms with Crippen molar-refractivity contribution in [3.63, 3.8) is 0 Å². The quantitative estimate of drug-likeness (QED) is 0.543. The van der Waals surface area contributed by atoms with E-state index in [1.165, 1.54) is 44.9 Å². The Morgan fingerprint density at radius 3 is 2.79 bits per heavy atom. The van der Waals surface area contributed by atoms with E-state index in [-0.39, 0.29) is 0 Å². The van der Waals surface area contributed by atoms with Gasteiger partial charge in [0.05, 0.1) is 0 Å². The summed E-state index contributed by atoms with van der Waals surface area (Å²) in [4.78, 5) is 0. The minimum Gasteiger partial charge on any atom is -0.385 e. The van der Waals surface area contributed by atoms with Crippen molar-refractivity contribution in [2.75, 3.05) is 20.8 Å². The summed E-state index contributed by atoms with van der Waals surface area (Å²) in [6.07, 6.45) is 9.60. The van der Waals surface area contributed by atoms with Crippen molar-refractivity contribution in [2.24, 2.45) is 5.92 Å². The second-order valence-electron chi connectivity index (χ2n) is 4.51. The fourth-order valence-electron chi connectivity index (χ4n) is 2.50. The van der Waals surface area contributed by atoms with Crippen LogP contribution in [-0.4, -0.2) is 26.8 Å². The first-order valence-corrected chi connectivity index (χ1v) is 6.03.